The van der Waals surface area contributed by atoms with Gasteiger partial charge in [-0.05, 0) is 44.4 Å². The van der Waals surface area contributed by atoms with Crippen molar-refractivity contribution < 1.29 is 19.1 Å². The summed E-state index contributed by atoms with van der Waals surface area (Å²) in [6.45, 7) is 4.31. The van der Waals surface area contributed by atoms with Crippen LogP contribution in [0.3, 0.4) is 0 Å². The monoisotopic (exact) mass is 374 g/mol. The number of carbonyl (C=O) groups excluding carboxylic acids is 3. The zero-order chi connectivity index (χ0) is 19.4. The molecule has 3 atom stereocenters. The second-order valence-electron chi connectivity index (χ2n) is 7.22. The number of urea groups is 1. The predicted molar refractivity (Wildman–Crippen MR) is 98.9 cm³/mol. The van der Waals surface area contributed by atoms with Crippen molar-refractivity contribution in [1.29, 1.82) is 0 Å². The molecule has 2 fully saturated rings. The van der Waals surface area contributed by atoms with Gasteiger partial charge < -0.3 is 26.0 Å². The molecule has 0 radical (unpaired) electrons. The smallest absolute Gasteiger partial charge is 0.317 e. The van der Waals surface area contributed by atoms with Crippen molar-refractivity contribution >= 4 is 17.8 Å². The third kappa shape index (κ3) is 4.77. The SMILES string of the molecule is CC(C)NC(=O)CNC(=O)c1ccc([C@@H]2NC(=O)N[C@H]3OCCC[C@H]32)cc1. The van der Waals surface area contributed by atoms with Crippen LogP contribution in [-0.4, -0.2) is 43.3 Å². The molecule has 1 aromatic rings. The summed E-state index contributed by atoms with van der Waals surface area (Å²) in [6.07, 6.45) is 1.63. The number of amides is 4. The highest BCUT2D eigenvalue weighted by atomic mass is 16.5. The molecule has 8 heteroatoms. The quantitative estimate of drug-likeness (QED) is 0.618. The highest BCUT2D eigenvalue weighted by Crippen LogP contribution is 2.34. The normalized spacial score (nSPS) is 24.4. The minimum Gasteiger partial charge on any atom is -0.358 e. The Hall–Kier alpha value is -2.61. The highest BCUT2D eigenvalue weighted by molar-refractivity contribution is 5.96. The molecule has 2 saturated heterocycles. The zero-order valence-electron chi connectivity index (χ0n) is 15.6. The van der Waals surface area contributed by atoms with E-state index in [1.165, 1.54) is 0 Å². The van der Waals surface area contributed by atoms with Gasteiger partial charge in [-0.3, -0.25) is 9.59 Å². The van der Waals surface area contributed by atoms with Gasteiger partial charge in [-0.1, -0.05) is 12.1 Å². The molecule has 146 valence electrons. The van der Waals surface area contributed by atoms with Crippen LogP contribution < -0.4 is 21.3 Å². The molecule has 0 aromatic heterocycles. The predicted octanol–water partition coefficient (Wildman–Crippen LogP) is 1.05. The lowest BCUT2D eigenvalue weighted by Crippen LogP contribution is -2.58. The largest absolute Gasteiger partial charge is 0.358 e. The summed E-state index contributed by atoms with van der Waals surface area (Å²) in [6, 6.07) is 6.71. The molecule has 3 rings (SSSR count). The van der Waals surface area contributed by atoms with Crippen LogP contribution in [0.2, 0.25) is 0 Å². The van der Waals surface area contributed by atoms with Crippen molar-refractivity contribution in [1.82, 2.24) is 21.3 Å². The van der Waals surface area contributed by atoms with E-state index in [2.05, 4.69) is 21.3 Å². The van der Waals surface area contributed by atoms with E-state index in [0.717, 1.165) is 18.4 Å². The van der Waals surface area contributed by atoms with Crippen molar-refractivity contribution in [2.24, 2.45) is 5.92 Å². The third-order valence-electron chi connectivity index (χ3n) is 4.75. The van der Waals surface area contributed by atoms with Gasteiger partial charge in [0.25, 0.3) is 5.91 Å². The molecule has 2 aliphatic rings. The zero-order valence-corrected chi connectivity index (χ0v) is 15.6. The fourth-order valence-corrected chi connectivity index (χ4v) is 3.52. The molecule has 2 heterocycles. The first-order chi connectivity index (χ1) is 12.9. The van der Waals surface area contributed by atoms with Crippen LogP contribution in [0, 0.1) is 5.92 Å². The van der Waals surface area contributed by atoms with Crippen LogP contribution >= 0.6 is 0 Å². The Morgan fingerprint density at radius 1 is 1.22 bits per heavy atom. The molecule has 0 spiro atoms. The van der Waals surface area contributed by atoms with Gasteiger partial charge in [0, 0.05) is 24.1 Å². The topological polar surface area (TPSA) is 109 Å². The van der Waals surface area contributed by atoms with Gasteiger partial charge in [0.2, 0.25) is 5.91 Å². The Morgan fingerprint density at radius 2 is 1.96 bits per heavy atom. The summed E-state index contributed by atoms with van der Waals surface area (Å²) in [5, 5.41) is 11.1. The standard InChI is InChI=1S/C19H26N4O4/c1-11(2)21-15(24)10-20-17(25)13-7-5-12(6-8-13)16-14-4-3-9-27-18(14)23-19(26)22-16/h5-8,11,14,16,18H,3-4,9-10H2,1-2H3,(H,20,25)(H,21,24)(H2,22,23,26)/t14-,16-,18-/m0/s1. The third-order valence-corrected chi connectivity index (χ3v) is 4.75. The van der Waals surface area contributed by atoms with E-state index >= 15 is 0 Å². The molecule has 8 nitrogen and oxygen atoms in total. The minimum atomic E-state index is -0.311. The van der Waals surface area contributed by atoms with E-state index in [-0.39, 0.29) is 48.6 Å². The van der Waals surface area contributed by atoms with Crippen molar-refractivity contribution in [2.75, 3.05) is 13.2 Å². The van der Waals surface area contributed by atoms with Crippen LogP contribution in [0.5, 0.6) is 0 Å². The van der Waals surface area contributed by atoms with Gasteiger partial charge in [-0.2, -0.15) is 0 Å². The Labute approximate surface area is 158 Å². The Kier molecular flexibility index (Phi) is 5.95. The van der Waals surface area contributed by atoms with E-state index in [1.54, 1.807) is 12.1 Å². The number of rotatable bonds is 5. The second-order valence-corrected chi connectivity index (χ2v) is 7.22. The van der Waals surface area contributed by atoms with Crippen molar-refractivity contribution in [2.45, 2.75) is 45.0 Å². The molecule has 1 aromatic carbocycles. The molecule has 27 heavy (non-hydrogen) atoms. The number of nitrogens with one attached hydrogen (secondary N) is 4. The minimum absolute atomic E-state index is 0.0291. The van der Waals surface area contributed by atoms with Gasteiger partial charge in [-0.15, -0.1) is 0 Å². The molecular weight excluding hydrogens is 348 g/mol. The van der Waals surface area contributed by atoms with Gasteiger partial charge >= 0.3 is 6.03 Å². The van der Waals surface area contributed by atoms with Crippen LogP contribution in [0.25, 0.3) is 0 Å². The van der Waals surface area contributed by atoms with Crippen LogP contribution in [0.1, 0.15) is 48.7 Å². The molecule has 4 amide bonds. The summed E-state index contributed by atoms with van der Waals surface area (Å²) in [5.41, 5.74) is 1.40. The number of hydrogen-bond acceptors (Lipinski definition) is 4. The lowest BCUT2D eigenvalue weighted by molar-refractivity contribution is -0.120. The van der Waals surface area contributed by atoms with Crippen molar-refractivity contribution in [3.63, 3.8) is 0 Å². The summed E-state index contributed by atoms with van der Waals surface area (Å²) < 4.78 is 5.67. The Bertz CT molecular complexity index is 704. The summed E-state index contributed by atoms with van der Waals surface area (Å²) in [7, 11) is 0. The average Bonchev–Trinajstić information content (AvgIpc) is 2.65. The lowest BCUT2D eigenvalue weighted by atomic mass is 9.85. The molecular formula is C19H26N4O4. The summed E-state index contributed by atoms with van der Waals surface area (Å²) >= 11 is 0. The molecule has 0 unspecified atom stereocenters. The molecule has 0 saturated carbocycles. The second kappa shape index (κ2) is 8.39. The maximum Gasteiger partial charge on any atom is 0.317 e. The number of benzene rings is 1. The summed E-state index contributed by atoms with van der Waals surface area (Å²) in [5.74, 6) is -0.389. The average molecular weight is 374 g/mol. The maximum absolute atomic E-state index is 12.2. The Balaban J connectivity index is 1.63. The highest BCUT2D eigenvalue weighted by Gasteiger charge is 2.39. The van der Waals surface area contributed by atoms with Crippen LogP contribution in [0.4, 0.5) is 4.79 Å². The fourth-order valence-electron chi connectivity index (χ4n) is 3.52. The lowest BCUT2D eigenvalue weighted by Gasteiger charge is -2.41. The van der Waals surface area contributed by atoms with Crippen LogP contribution in [0.15, 0.2) is 24.3 Å². The van der Waals surface area contributed by atoms with Gasteiger partial charge in [0.05, 0.1) is 12.6 Å². The molecule has 2 aliphatic heterocycles. The van der Waals surface area contributed by atoms with Crippen molar-refractivity contribution in [3.05, 3.63) is 35.4 Å². The molecule has 0 aliphatic carbocycles. The van der Waals surface area contributed by atoms with Gasteiger partial charge in [0.1, 0.15) is 6.23 Å². The molecule has 4 N–H and O–H groups in total. The maximum atomic E-state index is 12.2. The Morgan fingerprint density at radius 3 is 2.67 bits per heavy atom. The van der Waals surface area contributed by atoms with Gasteiger partial charge in [0.15, 0.2) is 0 Å². The fraction of sp³-hybridized carbons (Fsp3) is 0.526. The first-order valence-electron chi connectivity index (χ1n) is 9.30. The van der Waals surface area contributed by atoms with Crippen LogP contribution in [-0.2, 0) is 9.53 Å². The van der Waals surface area contributed by atoms with E-state index in [0.29, 0.717) is 12.2 Å². The van der Waals surface area contributed by atoms with E-state index in [9.17, 15) is 14.4 Å². The van der Waals surface area contributed by atoms with Gasteiger partial charge in [-0.25, -0.2) is 4.79 Å². The number of fused-ring (bicyclic) bond motifs is 1. The first kappa shape index (κ1) is 19.2. The number of hydrogen-bond donors (Lipinski definition) is 4. The summed E-state index contributed by atoms with van der Waals surface area (Å²) in [4.78, 5) is 35.7. The number of ether oxygens (including phenoxy) is 1. The first-order valence-corrected chi connectivity index (χ1v) is 9.30. The van der Waals surface area contributed by atoms with E-state index < -0.39 is 0 Å². The van der Waals surface area contributed by atoms with E-state index in [1.807, 2.05) is 26.0 Å². The van der Waals surface area contributed by atoms with E-state index in [4.69, 9.17) is 4.74 Å². The number of carbonyl (C=O) groups is 3. The molecule has 0 bridgehead atoms. The van der Waals surface area contributed by atoms with Crippen molar-refractivity contribution in [3.8, 4) is 0 Å².